The molecule has 0 bridgehead atoms. The van der Waals surface area contributed by atoms with Gasteiger partial charge in [-0.05, 0) is 18.9 Å². The van der Waals surface area contributed by atoms with Crippen LogP contribution in [0, 0.1) is 0 Å². The maximum Gasteiger partial charge on any atom is 0.133 e. The molecule has 1 unspecified atom stereocenters. The summed E-state index contributed by atoms with van der Waals surface area (Å²) in [7, 11) is 0. The largest absolute Gasteiger partial charge is 0.492 e. The van der Waals surface area contributed by atoms with Gasteiger partial charge in [0.05, 0.1) is 6.61 Å². The van der Waals surface area contributed by atoms with Crippen molar-refractivity contribution in [2.75, 3.05) is 13.2 Å². The van der Waals surface area contributed by atoms with Gasteiger partial charge in [-0.3, -0.25) is 0 Å². The molecule has 0 amide bonds. The summed E-state index contributed by atoms with van der Waals surface area (Å²) in [6, 6.07) is 1.91. The Balaban J connectivity index is 2.25. The van der Waals surface area contributed by atoms with Gasteiger partial charge in [-0.1, -0.05) is 0 Å². The summed E-state index contributed by atoms with van der Waals surface area (Å²) in [6.45, 7) is 1.07. The Morgan fingerprint density at radius 1 is 1.69 bits per heavy atom. The molecule has 0 radical (unpaired) electrons. The lowest BCUT2D eigenvalue weighted by atomic mass is 10.2. The van der Waals surface area contributed by atoms with E-state index >= 15 is 0 Å². The van der Waals surface area contributed by atoms with E-state index in [0.717, 1.165) is 30.1 Å². The molecular formula is C9H13NO2S. The molecule has 1 aliphatic heterocycles. The molecule has 1 atom stereocenters. The van der Waals surface area contributed by atoms with E-state index in [1.807, 2.05) is 6.07 Å². The normalized spacial score (nSPS) is 17.7. The molecule has 4 heteroatoms. The fourth-order valence-electron chi connectivity index (χ4n) is 1.42. The summed E-state index contributed by atoms with van der Waals surface area (Å²) in [6.07, 6.45) is 1.61. The Morgan fingerprint density at radius 2 is 2.54 bits per heavy atom. The van der Waals surface area contributed by atoms with Crippen LogP contribution in [0.25, 0.3) is 0 Å². The van der Waals surface area contributed by atoms with Crippen LogP contribution in [-0.2, 0) is 6.42 Å². The Labute approximate surface area is 81.1 Å². The minimum atomic E-state index is -0.529. The highest BCUT2D eigenvalue weighted by Gasteiger charge is 2.17. The molecule has 0 spiro atoms. The summed E-state index contributed by atoms with van der Waals surface area (Å²) >= 11 is 1.61. The number of ether oxygens (including phenoxy) is 1. The molecular weight excluding hydrogens is 186 g/mol. The van der Waals surface area contributed by atoms with Gasteiger partial charge in [-0.2, -0.15) is 0 Å². The van der Waals surface area contributed by atoms with E-state index in [2.05, 4.69) is 0 Å². The SMILES string of the molecule is NCC(O)c1cc2c(s1)CCCO2. The lowest BCUT2D eigenvalue weighted by molar-refractivity contribution is 0.190. The van der Waals surface area contributed by atoms with Crippen molar-refractivity contribution in [2.45, 2.75) is 18.9 Å². The Hall–Kier alpha value is -0.580. The van der Waals surface area contributed by atoms with Crippen molar-refractivity contribution < 1.29 is 9.84 Å². The van der Waals surface area contributed by atoms with Crippen LogP contribution >= 0.6 is 11.3 Å². The van der Waals surface area contributed by atoms with Crippen LogP contribution in [0.3, 0.4) is 0 Å². The van der Waals surface area contributed by atoms with Crippen LogP contribution < -0.4 is 10.5 Å². The third-order valence-electron chi connectivity index (χ3n) is 2.15. The number of rotatable bonds is 2. The summed E-state index contributed by atoms with van der Waals surface area (Å²) < 4.78 is 5.46. The van der Waals surface area contributed by atoms with Crippen LogP contribution in [0.1, 0.15) is 22.3 Å². The highest BCUT2D eigenvalue weighted by molar-refractivity contribution is 7.12. The van der Waals surface area contributed by atoms with Gasteiger partial charge >= 0.3 is 0 Å². The lowest BCUT2D eigenvalue weighted by Gasteiger charge is -2.11. The molecule has 3 nitrogen and oxygen atoms in total. The molecule has 72 valence electrons. The maximum atomic E-state index is 9.51. The van der Waals surface area contributed by atoms with Gasteiger partial charge in [0.15, 0.2) is 0 Å². The molecule has 1 aliphatic rings. The predicted octanol–water partition coefficient (Wildman–Crippen LogP) is 1.07. The number of aliphatic hydroxyl groups excluding tert-OH is 1. The Morgan fingerprint density at radius 3 is 3.23 bits per heavy atom. The second-order valence-electron chi connectivity index (χ2n) is 3.14. The van der Waals surface area contributed by atoms with Gasteiger partial charge in [-0.25, -0.2) is 0 Å². The minimum absolute atomic E-state index is 0.277. The first-order valence-electron chi connectivity index (χ1n) is 4.45. The molecule has 3 N–H and O–H groups in total. The van der Waals surface area contributed by atoms with E-state index in [1.54, 1.807) is 11.3 Å². The predicted molar refractivity (Wildman–Crippen MR) is 52.1 cm³/mol. The number of hydrogen-bond acceptors (Lipinski definition) is 4. The van der Waals surface area contributed by atoms with Crippen LogP contribution in [0.4, 0.5) is 0 Å². The lowest BCUT2D eigenvalue weighted by Crippen LogP contribution is -2.09. The monoisotopic (exact) mass is 199 g/mol. The summed E-state index contributed by atoms with van der Waals surface area (Å²) in [5.41, 5.74) is 5.38. The smallest absolute Gasteiger partial charge is 0.133 e. The average molecular weight is 199 g/mol. The molecule has 0 saturated carbocycles. The van der Waals surface area contributed by atoms with Crippen molar-refractivity contribution in [3.05, 3.63) is 15.8 Å². The van der Waals surface area contributed by atoms with Crippen LogP contribution in [0.2, 0.25) is 0 Å². The van der Waals surface area contributed by atoms with Gasteiger partial charge in [0.1, 0.15) is 11.9 Å². The molecule has 2 heterocycles. The maximum absolute atomic E-state index is 9.51. The van der Waals surface area contributed by atoms with Crippen molar-refractivity contribution in [1.29, 1.82) is 0 Å². The van der Waals surface area contributed by atoms with E-state index in [1.165, 1.54) is 4.88 Å². The zero-order valence-corrected chi connectivity index (χ0v) is 8.14. The van der Waals surface area contributed by atoms with Crippen LogP contribution in [-0.4, -0.2) is 18.3 Å². The molecule has 1 aromatic rings. The number of fused-ring (bicyclic) bond motifs is 1. The number of thiophene rings is 1. The van der Waals surface area contributed by atoms with Crippen molar-refractivity contribution in [3.63, 3.8) is 0 Å². The number of hydrogen-bond donors (Lipinski definition) is 2. The van der Waals surface area contributed by atoms with Gasteiger partial charge in [0.25, 0.3) is 0 Å². The third kappa shape index (κ3) is 1.70. The first kappa shape index (κ1) is 8.99. The Bertz CT molecular complexity index is 274. The third-order valence-corrected chi connectivity index (χ3v) is 3.42. The quantitative estimate of drug-likeness (QED) is 0.749. The second kappa shape index (κ2) is 3.65. The van der Waals surface area contributed by atoms with Crippen LogP contribution in [0.5, 0.6) is 5.75 Å². The van der Waals surface area contributed by atoms with Crippen molar-refractivity contribution in [3.8, 4) is 5.75 Å². The molecule has 2 rings (SSSR count). The van der Waals surface area contributed by atoms with Crippen LogP contribution in [0.15, 0.2) is 6.07 Å². The molecule has 13 heavy (non-hydrogen) atoms. The Kier molecular flexibility index (Phi) is 2.53. The molecule has 1 aromatic heterocycles. The molecule has 0 saturated heterocycles. The number of aliphatic hydroxyl groups is 1. The first-order valence-corrected chi connectivity index (χ1v) is 5.26. The van der Waals surface area contributed by atoms with Gasteiger partial charge in [0, 0.05) is 16.3 Å². The van der Waals surface area contributed by atoms with Gasteiger partial charge < -0.3 is 15.6 Å². The van der Waals surface area contributed by atoms with Gasteiger partial charge in [-0.15, -0.1) is 11.3 Å². The number of nitrogens with two attached hydrogens (primary N) is 1. The summed E-state index contributed by atoms with van der Waals surface area (Å²) in [5, 5.41) is 9.51. The fourth-order valence-corrected chi connectivity index (χ4v) is 2.57. The van der Waals surface area contributed by atoms with Gasteiger partial charge in [0.2, 0.25) is 0 Å². The van der Waals surface area contributed by atoms with Crippen molar-refractivity contribution in [1.82, 2.24) is 0 Å². The number of aryl methyl sites for hydroxylation is 1. The van der Waals surface area contributed by atoms with Crippen molar-refractivity contribution >= 4 is 11.3 Å². The molecule has 0 aromatic carbocycles. The molecule has 0 fully saturated rings. The van der Waals surface area contributed by atoms with E-state index in [0.29, 0.717) is 0 Å². The summed E-state index contributed by atoms with van der Waals surface area (Å²) in [5.74, 6) is 0.943. The topological polar surface area (TPSA) is 55.5 Å². The standard InChI is InChI=1S/C9H13NO2S/c10-5-6(11)9-4-7-8(13-9)2-1-3-12-7/h4,6,11H,1-3,5,10H2. The van der Waals surface area contributed by atoms with E-state index in [-0.39, 0.29) is 6.54 Å². The molecule has 0 aliphatic carbocycles. The highest BCUT2D eigenvalue weighted by atomic mass is 32.1. The summed E-state index contributed by atoms with van der Waals surface area (Å²) in [4.78, 5) is 2.17. The fraction of sp³-hybridized carbons (Fsp3) is 0.556. The average Bonchev–Trinajstić information content (AvgIpc) is 2.59. The zero-order chi connectivity index (χ0) is 9.26. The van der Waals surface area contributed by atoms with Crippen molar-refractivity contribution in [2.24, 2.45) is 5.73 Å². The van der Waals surface area contributed by atoms with E-state index < -0.39 is 6.10 Å². The minimum Gasteiger partial charge on any atom is -0.492 e. The van der Waals surface area contributed by atoms with E-state index in [9.17, 15) is 5.11 Å². The second-order valence-corrected chi connectivity index (χ2v) is 4.31. The highest BCUT2D eigenvalue weighted by Crippen LogP contribution is 2.35. The first-order chi connectivity index (χ1) is 6.31. The van der Waals surface area contributed by atoms with E-state index in [4.69, 9.17) is 10.5 Å². The zero-order valence-electron chi connectivity index (χ0n) is 7.32.